The van der Waals surface area contributed by atoms with Crippen molar-refractivity contribution in [1.82, 2.24) is 0 Å². The molecule has 0 bridgehead atoms. The number of halogens is 1. The summed E-state index contributed by atoms with van der Waals surface area (Å²) in [6.07, 6.45) is 0.962. The Balaban J connectivity index is 1.54. The van der Waals surface area contributed by atoms with Crippen molar-refractivity contribution in [3.05, 3.63) is 64.7 Å². The van der Waals surface area contributed by atoms with Gasteiger partial charge in [-0.05, 0) is 35.7 Å². The molecule has 1 heterocycles. The van der Waals surface area contributed by atoms with Crippen LogP contribution in [0.5, 0.6) is 0 Å². The van der Waals surface area contributed by atoms with Crippen molar-refractivity contribution in [2.75, 3.05) is 17.2 Å². The van der Waals surface area contributed by atoms with Crippen molar-refractivity contribution in [1.29, 1.82) is 0 Å². The quantitative estimate of drug-likeness (QED) is 0.844. The van der Waals surface area contributed by atoms with E-state index >= 15 is 0 Å². The maximum Gasteiger partial charge on any atom is 0.237 e. The summed E-state index contributed by atoms with van der Waals surface area (Å²) in [6.45, 7) is 0.805. The monoisotopic (exact) mass is 317 g/mol. The predicted molar refractivity (Wildman–Crippen MR) is 90.1 cm³/mol. The molecule has 0 N–H and O–H groups in total. The van der Waals surface area contributed by atoms with Crippen LogP contribution in [0.15, 0.2) is 48.5 Å². The van der Waals surface area contributed by atoms with E-state index in [4.69, 9.17) is 11.6 Å². The predicted octanol–water partition coefficient (Wildman–Crippen LogP) is 4.16. The Bertz CT molecular complexity index is 641. The number of carbonyl (C=O) groups excluding carboxylic acids is 1. The molecular weight excluding hydrogens is 302 g/mol. The number of hydrogen-bond donors (Lipinski definition) is 0. The second kappa shape index (κ2) is 6.54. The van der Waals surface area contributed by atoms with Crippen LogP contribution in [-0.2, 0) is 17.0 Å². The average Bonchev–Trinajstić information content (AvgIpc) is 2.93. The molecule has 1 aliphatic heterocycles. The minimum atomic E-state index is 0.193. The van der Waals surface area contributed by atoms with Gasteiger partial charge in [0.2, 0.25) is 5.91 Å². The highest BCUT2D eigenvalue weighted by Gasteiger charge is 2.23. The Kier molecular flexibility index (Phi) is 4.51. The number of nitrogens with zero attached hydrogens (tertiary/aromatic N) is 1. The summed E-state index contributed by atoms with van der Waals surface area (Å²) < 4.78 is 0. The fourth-order valence-electron chi connectivity index (χ4n) is 2.51. The maximum absolute atomic E-state index is 12.3. The maximum atomic E-state index is 12.3. The van der Waals surface area contributed by atoms with Gasteiger partial charge in [0.05, 0.1) is 5.75 Å². The SMILES string of the molecule is O=C(CSCc1ccc(Cl)cc1)N1CCc2ccccc21. The van der Waals surface area contributed by atoms with E-state index in [1.54, 1.807) is 11.8 Å². The first-order valence-corrected chi connectivity index (χ1v) is 8.48. The first-order chi connectivity index (χ1) is 10.2. The summed E-state index contributed by atoms with van der Waals surface area (Å²) >= 11 is 7.51. The second-order valence-corrected chi connectivity index (χ2v) is 6.47. The number of amides is 1. The van der Waals surface area contributed by atoms with Gasteiger partial charge in [-0.15, -0.1) is 11.8 Å². The number of thioether (sulfide) groups is 1. The first-order valence-electron chi connectivity index (χ1n) is 6.94. The van der Waals surface area contributed by atoms with Crippen molar-refractivity contribution < 1.29 is 4.79 Å². The third-order valence-corrected chi connectivity index (χ3v) is 4.84. The molecule has 0 spiro atoms. The van der Waals surface area contributed by atoms with Gasteiger partial charge in [-0.1, -0.05) is 41.9 Å². The smallest absolute Gasteiger partial charge is 0.237 e. The lowest BCUT2D eigenvalue weighted by Gasteiger charge is -2.17. The number of carbonyl (C=O) groups is 1. The van der Waals surface area contributed by atoms with Crippen LogP contribution in [0, 0.1) is 0 Å². The van der Waals surface area contributed by atoms with Gasteiger partial charge in [0.1, 0.15) is 0 Å². The number of anilines is 1. The third kappa shape index (κ3) is 3.42. The Labute approximate surface area is 134 Å². The van der Waals surface area contributed by atoms with Crippen molar-refractivity contribution in [2.24, 2.45) is 0 Å². The van der Waals surface area contributed by atoms with Crippen LogP contribution in [0.25, 0.3) is 0 Å². The fourth-order valence-corrected chi connectivity index (χ4v) is 3.50. The highest BCUT2D eigenvalue weighted by atomic mass is 35.5. The van der Waals surface area contributed by atoms with Crippen molar-refractivity contribution in [3.8, 4) is 0 Å². The van der Waals surface area contributed by atoms with Gasteiger partial charge in [-0.3, -0.25) is 4.79 Å². The van der Waals surface area contributed by atoms with E-state index in [0.29, 0.717) is 5.75 Å². The zero-order valence-corrected chi connectivity index (χ0v) is 13.2. The molecule has 0 aliphatic carbocycles. The highest BCUT2D eigenvalue weighted by Crippen LogP contribution is 2.28. The summed E-state index contributed by atoms with van der Waals surface area (Å²) in [5, 5.41) is 0.744. The molecule has 0 atom stereocenters. The standard InChI is InChI=1S/C17H16ClNOS/c18-15-7-5-13(6-8-15)11-21-12-17(20)19-10-9-14-3-1-2-4-16(14)19/h1-8H,9-12H2. The molecule has 2 nitrogen and oxygen atoms in total. The summed E-state index contributed by atoms with van der Waals surface area (Å²) in [4.78, 5) is 14.2. The van der Waals surface area contributed by atoms with Gasteiger partial charge < -0.3 is 4.90 Å². The summed E-state index contributed by atoms with van der Waals surface area (Å²) in [5.74, 6) is 1.54. The van der Waals surface area contributed by atoms with E-state index in [9.17, 15) is 4.79 Å². The molecule has 4 heteroatoms. The number of para-hydroxylation sites is 1. The van der Waals surface area contributed by atoms with E-state index < -0.39 is 0 Å². The molecule has 1 amide bonds. The van der Waals surface area contributed by atoms with Crippen LogP contribution in [0.2, 0.25) is 5.02 Å². The van der Waals surface area contributed by atoms with Crippen LogP contribution in [0.4, 0.5) is 5.69 Å². The minimum Gasteiger partial charge on any atom is -0.311 e. The molecule has 108 valence electrons. The van der Waals surface area contributed by atoms with Crippen LogP contribution < -0.4 is 4.90 Å². The molecule has 3 rings (SSSR count). The van der Waals surface area contributed by atoms with Crippen molar-refractivity contribution in [2.45, 2.75) is 12.2 Å². The van der Waals surface area contributed by atoms with Gasteiger partial charge in [0, 0.05) is 23.0 Å². The summed E-state index contributed by atoms with van der Waals surface area (Å²) in [7, 11) is 0. The van der Waals surface area contributed by atoms with E-state index in [1.165, 1.54) is 11.1 Å². The van der Waals surface area contributed by atoms with Crippen LogP contribution in [0.1, 0.15) is 11.1 Å². The van der Waals surface area contributed by atoms with E-state index in [2.05, 4.69) is 6.07 Å². The Morgan fingerprint density at radius 2 is 1.90 bits per heavy atom. The van der Waals surface area contributed by atoms with E-state index in [-0.39, 0.29) is 5.91 Å². The molecule has 2 aromatic carbocycles. The van der Waals surface area contributed by atoms with E-state index in [1.807, 2.05) is 47.4 Å². The average molecular weight is 318 g/mol. The van der Waals surface area contributed by atoms with Gasteiger partial charge in [-0.2, -0.15) is 0 Å². The molecular formula is C17H16ClNOS. The molecule has 21 heavy (non-hydrogen) atoms. The molecule has 2 aromatic rings. The second-order valence-electron chi connectivity index (χ2n) is 5.04. The third-order valence-electron chi connectivity index (χ3n) is 3.60. The largest absolute Gasteiger partial charge is 0.311 e. The lowest BCUT2D eigenvalue weighted by molar-refractivity contribution is -0.116. The zero-order valence-electron chi connectivity index (χ0n) is 11.6. The number of rotatable bonds is 4. The molecule has 0 saturated carbocycles. The van der Waals surface area contributed by atoms with Crippen LogP contribution in [0.3, 0.4) is 0 Å². The van der Waals surface area contributed by atoms with Crippen molar-refractivity contribution in [3.63, 3.8) is 0 Å². The number of benzene rings is 2. The van der Waals surface area contributed by atoms with Crippen LogP contribution >= 0.6 is 23.4 Å². The normalized spacial score (nSPS) is 13.3. The van der Waals surface area contributed by atoms with Crippen molar-refractivity contribution >= 4 is 35.0 Å². The van der Waals surface area contributed by atoms with Gasteiger partial charge in [0.15, 0.2) is 0 Å². The molecule has 0 fully saturated rings. The Morgan fingerprint density at radius 1 is 1.14 bits per heavy atom. The Morgan fingerprint density at radius 3 is 2.71 bits per heavy atom. The first kappa shape index (κ1) is 14.5. The van der Waals surface area contributed by atoms with Gasteiger partial charge >= 0.3 is 0 Å². The Hall–Kier alpha value is -1.45. The fraction of sp³-hybridized carbons (Fsp3) is 0.235. The molecule has 0 saturated heterocycles. The lowest BCUT2D eigenvalue weighted by atomic mass is 10.2. The van der Waals surface area contributed by atoms with Gasteiger partial charge in [0.25, 0.3) is 0 Å². The molecule has 0 aromatic heterocycles. The number of fused-ring (bicyclic) bond motifs is 1. The lowest BCUT2D eigenvalue weighted by Crippen LogP contribution is -2.30. The molecule has 0 radical (unpaired) electrons. The van der Waals surface area contributed by atoms with Gasteiger partial charge in [-0.25, -0.2) is 0 Å². The van der Waals surface area contributed by atoms with E-state index in [0.717, 1.165) is 29.4 Å². The van der Waals surface area contributed by atoms with Crippen LogP contribution in [-0.4, -0.2) is 18.2 Å². The summed E-state index contributed by atoms with van der Waals surface area (Å²) in [6, 6.07) is 15.9. The minimum absolute atomic E-state index is 0.193. The topological polar surface area (TPSA) is 20.3 Å². The summed E-state index contributed by atoms with van der Waals surface area (Å²) in [5.41, 5.74) is 3.54. The molecule has 1 aliphatic rings. The zero-order chi connectivity index (χ0) is 14.7. The highest BCUT2D eigenvalue weighted by molar-refractivity contribution is 7.99. The number of hydrogen-bond acceptors (Lipinski definition) is 2. The molecule has 0 unspecified atom stereocenters.